The second kappa shape index (κ2) is 6.80. The number of aromatic nitrogens is 2. The summed E-state index contributed by atoms with van der Waals surface area (Å²) in [6, 6.07) is 17.4. The largest absolute Gasteiger partial charge is 0.340 e. The predicted octanol–water partition coefficient (Wildman–Crippen LogP) is 4.45. The zero-order valence-corrected chi connectivity index (χ0v) is 13.5. The van der Waals surface area contributed by atoms with Crippen molar-refractivity contribution in [3.8, 4) is 6.07 Å². The van der Waals surface area contributed by atoms with Gasteiger partial charge in [-0.05, 0) is 43.2 Å². The van der Waals surface area contributed by atoms with Gasteiger partial charge in [-0.1, -0.05) is 24.3 Å². The Morgan fingerprint density at radius 1 is 0.875 bits per heavy atom. The number of hydrogen-bond donors (Lipinski definition) is 2. The molecular formula is C19H17N5. The first kappa shape index (κ1) is 15.5. The lowest BCUT2D eigenvalue weighted by atomic mass is 10.1. The van der Waals surface area contributed by atoms with Crippen LogP contribution in [0.2, 0.25) is 0 Å². The number of hydrogen-bond acceptors (Lipinski definition) is 5. The van der Waals surface area contributed by atoms with Gasteiger partial charge in [0.1, 0.15) is 18.0 Å². The van der Waals surface area contributed by atoms with Crippen molar-refractivity contribution < 1.29 is 0 Å². The number of para-hydroxylation sites is 1. The molecule has 0 atom stereocenters. The molecule has 0 saturated heterocycles. The predicted molar refractivity (Wildman–Crippen MR) is 95.7 cm³/mol. The van der Waals surface area contributed by atoms with Crippen LogP contribution >= 0.6 is 0 Å². The molecule has 0 fully saturated rings. The molecule has 0 aliphatic rings. The van der Waals surface area contributed by atoms with Gasteiger partial charge < -0.3 is 10.6 Å². The lowest BCUT2D eigenvalue weighted by Crippen LogP contribution is -2.01. The fourth-order valence-corrected chi connectivity index (χ4v) is 2.45. The van der Waals surface area contributed by atoms with Crippen molar-refractivity contribution in [2.75, 3.05) is 10.6 Å². The minimum atomic E-state index is 0.600. The van der Waals surface area contributed by atoms with Gasteiger partial charge in [-0.3, -0.25) is 0 Å². The molecule has 0 aliphatic heterocycles. The minimum absolute atomic E-state index is 0.600. The number of anilines is 4. The molecule has 5 nitrogen and oxygen atoms in total. The molecule has 2 N–H and O–H groups in total. The molecule has 0 radical (unpaired) electrons. The van der Waals surface area contributed by atoms with Crippen LogP contribution in [-0.4, -0.2) is 9.97 Å². The van der Waals surface area contributed by atoms with Gasteiger partial charge in [-0.2, -0.15) is 5.26 Å². The van der Waals surface area contributed by atoms with Gasteiger partial charge >= 0.3 is 0 Å². The van der Waals surface area contributed by atoms with Gasteiger partial charge in [0.15, 0.2) is 0 Å². The van der Waals surface area contributed by atoms with Crippen molar-refractivity contribution in [1.82, 2.24) is 9.97 Å². The van der Waals surface area contributed by atoms with Gasteiger partial charge in [0.05, 0.1) is 11.6 Å². The van der Waals surface area contributed by atoms with Gasteiger partial charge in [0.2, 0.25) is 0 Å². The highest BCUT2D eigenvalue weighted by molar-refractivity contribution is 5.67. The van der Waals surface area contributed by atoms with Crippen LogP contribution < -0.4 is 10.6 Å². The first-order valence-electron chi connectivity index (χ1n) is 7.58. The average molecular weight is 315 g/mol. The van der Waals surface area contributed by atoms with E-state index in [0.29, 0.717) is 17.2 Å². The van der Waals surface area contributed by atoms with E-state index in [1.165, 1.54) is 6.33 Å². The third kappa shape index (κ3) is 3.50. The standard InChI is InChI=1S/C19H17N5/c1-13-5-3-6-14(2)19(13)24-18-10-17(21-12-22-18)23-16-8-4-7-15(9-16)11-20/h3-10,12H,1-2H3,(H2,21,22,23,24). The number of rotatable bonds is 4. The Morgan fingerprint density at radius 3 is 2.25 bits per heavy atom. The summed E-state index contributed by atoms with van der Waals surface area (Å²) in [5.74, 6) is 1.37. The van der Waals surface area contributed by atoms with Gasteiger partial charge in [-0.25, -0.2) is 9.97 Å². The lowest BCUT2D eigenvalue weighted by Gasteiger charge is -2.13. The van der Waals surface area contributed by atoms with E-state index < -0.39 is 0 Å². The number of nitrogens with one attached hydrogen (secondary N) is 2. The summed E-state index contributed by atoms with van der Waals surface area (Å²) in [4.78, 5) is 8.51. The van der Waals surface area contributed by atoms with E-state index in [9.17, 15) is 0 Å². The first-order chi connectivity index (χ1) is 11.7. The molecule has 5 heteroatoms. The summed E-state index contributed by atoms with van der Waals surface area (Å²) in [6.45, 7) is 4.12. The number of benzene rings is 2. The second-order valence-electron chi connectivity index (χ2n) is 5.50. The van der Waals surface area contributed by atoms with E-state index in [4.69, 9.17) is 5.26 Å². The molecule has 0 saturated carbocycles. The maximum Gasteiger partial charge on any atom is 0.135 e. The number of aryl methyl sites for hydroxylation is 2. The zero-order valence-electron chi connectivity index (χ0n) is 13.5. The fourth-order valence-electron chi connectivity index (χ4n) is 2.45. The van der Waals surface area contributed by atoms with Crippen LogP contribution in [0.15, 0.2) is 54.9 Å². The van der Waals surface area contributed by atoms with E-state index in [-0.39, 0.29) is 0 Å². The Bertz CT molecular complexity index is 891. The number of nitriles is 1. The second-order valence-corrected chi connectivity index (χ2v) is 5.50. The molecule has 0 amide bonds. The van der Waals surface area contributed by atoms with Gasteiger partial charge in [0, 0.05) is 17.4 Å². The van der Waals surface area contributed by atoms with Gasteiger partial charge in [-0.15, -0.1) is 0 Å². The Labute approximate surface area is 141 Å². The van der Waals surface area contributed by atoms with Crippen LogP contribution in [0.5, 0.6) is 0 Å². The highest BCUT2D eigenvalue weighted by Crippen LogP contribution is 2.24. The summed E-state index contributed by atoms with van der Waals surface area (Å²) in [7, 11) is 0. The van der Waals surface area contributed by atoms with Crippen LogP contribution in [-0.2, 0) is 0 Å². The highest BCUT2D eigenvalue weighted by Gasteiger charge is 2.05. The third-order valence-electron chi connectivity index (χ3n) is 3.67. The minimum Gasteiger partial charge on any atom is -0.340 e. The SMILES string of the molecule is Cc1cccc(C)c1Nc1cc(Nc2cccc(C#N)c2)ncn1. The van der Waals surface area contributed by atoms with Crippen molar-refractivity contribution in [2.45, 2.75) is 13.8 Å². The Kier molecular flexibility index (Phi) is 4.39. The molecular weight excluding hydrogens is 298 g/mol. The van der Waals surface area contributed by atoms with E-state index in [2.05, 4.69) is 52.7 Å². The molecule has 1 aromatic heterocycles. The van der Waals surface area contributed by atoms with Crippen molar-refractivity contribution in [3.63, 3.8) is 0 Å². The molecule has 3 rings (SSSR count). The number of nitrogens with zero attached hydrogens (tertiary/aromatic N) is 3. The molecule has 3 aromatic rings. The first-order valence-corrected chi connectivity index (χ1v) is 7.58. The van der Waals surface area contributed by atoms with Crippen molar-refractivity contribution in [1.29, 1.82) is 5.26 Å². The van der Waals surface area contributed by atoms with Crippen LogP contribution in [0, 0.1) is 25.2 Å². The average Bonchev–Trinajstić information content (AvgIpc) is 2.59. The van der Waals surface area contributed by atoms with E-state index in [0.717, 1.165) is 22.5 Å². The normalized spacial score (nSPS) is 10.0. The quantitative estimate of drug-likeness (QED) is 0.744. The fraction of sp³-hybridized carbons (Fsp3) is 0.105. The molecule has 118 valence electrons. The Balaban J connectivity index is 1.83. The third-order valence-corrected chi connectivity index (χ3v) is 3.67. The van der Waals surface area contributed by atoms with Crippen LogP contribution in [0.1, 0.15) is 16.7 Å². The molecule has 0 unspecified atom stereocenters. The molecule has 0 bridgehead atoms. The van der Waals surface area contributed by atoms with Crippen molar-refractivity contribution in [2.24, 2.45) is 0 Å². The zero-order chi connectivity index (χ0) is 16.9. The summed E-state index contributed by atoms with van der Waals surface area (Å²) < 4.78 is 0. The molecule has 0 aliphatic carbocycles. The van der Waals surface area contributed by atoms with E-state index in [1.807, 2.05) is 24.3 Å². The van der Waals surface area contributed by atoms with Crippen molar-refractivity contribution >= 4 is 23.0 Å². The van der Waals surface area contributed by atoms with Crippen LogP contribution in [0.4, 0.5) is 23.0 Å². The van der Waals surface area contributed by atoms with E-state index in [1.54, 1.807) is 12.1 Å². The monoisotopic (exact) mass is 315 g/mol. The highest BCUT2D eigenvalue weighted by atomic mass is 15.1. The molecule has 2 aromatic carbocycles. The summed E-state index contributed by atoms with van der Waals surface area (Å²) >= 11 is 0. The topological polar surface area (TPSA) is 73.6 Å². The Hall–Kier alpha value is -3.39. The Morgan fingerprint density at radius 2 is 1.54 bits per heavy atom. The molecule has 1 heterocycles. The van der Waals surface area contributed by atoms with E-state index >= 15 is 0 Å². The van der Waals surface area contributed by atoms with Gasteiger partial charge in [0.25, 0.3) is 0 Å². The van der Waals surface area contributed by atoms with Crippen LogP contribution in [0.25, 0.3) is 0 Å². The molecule has 0 spiro atoms. The van der Waals surface area contributed by atoms with Crippen molar-refractivity contribution in [3.05, 3.63) is 71.5 Å². The smallest absolute Gasteiger partial charge is 0.135 e. The summed E-state index contributed by atoms with van der Waals surface area (Å²) in [5.41, 5.74) is 4.78. The summed E-state index contributed by atoms with van der Waals surface area (Å²) in [6.07, 6.45) is 1.51. The molecule has 24 heavy (non-hydrogen) atoms. The maximum absolute atomic E-state index is 8.97. The maximum atomic E-state index is 8.97. The lowest BCUT2D eigenvalue weighted by molar-refractivity contribution is 1.16. The summed E-state index contributed by atoms with van der Waals surface area (Å²) in [5, 5.41) is 15.5. The van der Waals surface area contributed by atoms with Crippen LogP contribution in [0.3, 0.4) is 0 Å².